The number of hydrogen-bond acceptors (Lipinski definition) is 3. The van der Waals surface area contributed by atoms with Crippen molar-refractivity contribution in [3.05, 3.63) is 30.3 Å². The van der Waals surface area contributed by atoms with Crippen LogP contribution in [-0.4, -0.2) is 41.5 Å². The van der Waals surface area contributed by atoms with E-state index in [0.29, 0.717) is 12.5 Å². The maximum atomic E-state index is 12.0. The van der Waals surface area contributed by atoms with Crippen molar-refractivity contribution in [3.8, 4) is 0 Å². The molecule has 5 heteroatoms. The average Bonchev–Trinajstić information content (AvgIpc) is 3.20. The first-order chi connectivity index (χ1) is 9.15. The van der Waals surface area contributed by atoms with Crippen molar-refractivity contribution in [3.63, 3.8) is 0 Å². The summed E-state index contributed by atoms with van der Waals surface area (Å²) < 4.78 is 0. The summed E-state index contributed by atoms with van der Waals surface area (Å²) in [6.45, 7) is 0.470. The van der Waals surface area contributed by atoms with E-state index in [4.69, 9.17) is 5.11 Å². The van der Waals surface area contributed by atoms with E-state index in [1.807, 2.05) is 30.3 Å². The molecule has 102 valence electrons. The smallest absolute Gasteiger partial charge is 0.323 e. The van der Waals surface area contributed by atoms with Crippen LogP contribution in [0.15, 0.2) is 30.3 Å². The molecule has 1 aromatic carbocycles. The molecule has 0 spiro atoms. The largest absolute Gasteiger partial charge is 0.480 e. The number of carboxylic acids is 1. The Morgan fingerprint density at radius 1 is 1.26 bits per heavy atom. The summed E-state index contributed by atoms with van der Waals surface area (Å²) in [7, 11) is 0. The molecule has 0 bridgehead atoms. The molecule has 1 aliphatic rings. The van der Waals surface area contributed by atoms with E-state index in [2.05, 4.69) is 5.32 Å². The standard InChI is InChI=1S/C14H18N2O3/c17-13(8-15-12-4-2-1-3-5-12)16(10-14(18)19)9-11-6-7-11/h1-5,11,15H,6-10H2,(H,18,19). The summed E-state index contributed by atoms with van der Waals surface area (Å²) in [6, 6.07) is 9.40. The Morgan fingerprint density at radius 3 is 2.53 bits per heavy atom. The van der Waals surface area contributed by atoms with E-state index in [1.165, 1.54) is 4.90 Å². The van der Waals surface area contributed by atoms with Gasteiger partial charge in [0.25, 0.3) is 0 Å². The average molecular weight is 262 g/mol. The van der Waals surface area contributed by atoms with Crippen molar-refractivity contribution in [2.24, 2.45) is 5.92 Å². The van der Waals surface area contributed by atoms with Gasteiger partial charge in [0.2, 0.25) is 5.91 Å². The maximum absolute atomic E-state index is 12.0. The number of hydrogen-bond donors (Lipinski definition) is 2. The maximum Gasteiger partial charge on any atom is 0.323 e. The molecule has 19 heavy (non-hydrogen) atoms. The second-order valence-electron chi connectivity index (χ2n) is 4.83. The molecule has 1 aromatic rings. The highest BCUT2D eigenvalue weighted by Gasteiger charge is 2.27. The Bertz CT molecular complexity index is 443. The lowest BCUT2D eigenvalue weighted by Gasteiger charge is -2.21. The molecule has 2 N–H and O–H groups in total. The van der Waals surface area contributed by atoms with Gasteiger partial charge in [-0.05, 0) is 30.9 Å². The van der Waals surface area contributed by atoms with Gasteiger partial charge >= 0.3 is 5.97 Å². The van der Waals surface area contributed by atoms with E-state index < -0.39 is 5.97 Å². The van der Waals surface area contributed by atoms with Gasteiger partial charge in [-0.15, -0.1) is 0 Å². The number of para-hydroxylation sites is 1. The molecular formula is C14H18N2O3. The number of aliphatic carboxylic acids is 1. The van der Waals surface area contributed by atoms with Crippen LogP contribution in [0.2, 0.25) is 0 Å². The van der Waals surface area contributed by atoms with E-state index in [9.17, 15) is 9.59 Å². The quantitative estimate of drug-likeness (QED) is 0.779. The molecule has 1 saturated carbocycles. The molecule has 0 aromatic heterocycles. The lowest BCUT2D eigenvalue weighted by Crippen LogP contribution is -2.40. The van der Waals surface area contributed by atoms with E-state index in [0.717, 1.165) is 18.5 Å². The lowest BCUT2D eigenvalue weighted by atomic mass is 10.3. The predicted octanol–water partition coefficient (Wildman–Crippen LogP) is 1.42. The van der Waals surface area contributed by atoms with Gasteiger partial charge in [-0.25, -0.2) is 0 Å². The highest BCUT2D eigenvalue weighted by Crippen LogP contribution is 2.29. The summed E-state index contributed by atoms with van der Waals surface area (Å²) in [4.78, 5) is 24.2. The van der Waals surface area contributed by atoms with Gasteiger partial charge in [0.15, 0.2) is 0 Å². The number of carbonyl (C=O) groups excluding carboxylic acids is 1. The zero-order valence-corrected chi connectivity index (χ0v) is 10.7. The monoisotopic (exact) mass is 262 g/mol. The molecule has 0 unspecified atom stereocenters. The Labute approximate surface area is 112 Å². The third-order valence-corrected chi connectivity index (χ3v) is 3.07. The van der Waals surface area contributed by atoms with Crippen LogP contribution in [0, 0.1) is 5.92 Å². The molecule has 0 aliphatic heterocycles. The topological polar surface area (TPSA) is 69.6 Å². The molecule has 0 atom stereocenters. The second-order valence-corrected chi connectivity index (χ2v) is 4.83. The fourth-order valence-corrected chi connectivity index (χ4v) is 1.88. The number of rotatable bonds is 7. The Morgan fingerprint density at radius 2 is 1.95 bits per heavy atom. The second kappa shape index (κ2) is 6.22. The Balaban J connectivity index is 1.85. The number of anilines is 1. The summed E-state index contributed by atoms with van der Waals surface area (Å²) >= 11 is 0. The Kier molecular flexibility index (Phi) is 4.39. The molecule has 0 saturated heterocycles. The number of carbonyl (C=O) groups is 2. The van der Waals surface area contributed by atoms with Crippen LogP contribution in [0.25, 0.3) is 0 Å². The minimum atomic E-state index is -0.964. The van der Waals surface area contributed by atoms with Crippen molar-refractivity contribution in [2.45, 2.75) is 12.8 Å². The van der Waals surface area contributed by atoms with Crippen LogP contribution >= 0.6 is 0 Å². The predicted molar refractivity (Wildman–Crippen MR) is 71.9 cm³/mol. The number of amides is 1. The normalized spacial score (nSPS) is 13.9. The van der Waals surface area contributed by atoms with E-state index in [-0.39, 0.29) is 19.0 Å². The summed E-state index contributed by atoms with van der Waals surface area (Å²) in [5, 5.41) is 11.8. The van der Waals surface area contributed by atoms with Gasteiger partial charge in [-0.1, -0.05) is 18.2 Å². The van der Waals surface area contributed by atoms with Gasteiger partial charge in [-0.3, -0.25) is 9.59 Å². The van der Waals surface area contributed by atoms with E-state index in [1.54, 1.807) is 0 Å². The van der Waals surface area contributed by atoms with Crippen LogP contribution in [0.4, 0.5) is 5.69 Å². The highest BCUT2D eigenvalue weighted by molar-refractivity contribution is 5.84. The SMILES string of the molecule is O=C(O)CN(CC1CC1)C(=O)CNc1ccccc1. The minimum absolute atomic E-state index is 0.129. The van der Waals surface area contributed by atoms with Crippen molar-refractivity contribution >= 4 is 17.6 Å². The van der Waals surface area contributed by atoms with Crippen LogP contribution in [-0.2, 0) is 9.59 Å². The van der Waals surface area contributed by atoms with Gasteiger partial charge in [0.1, 0.15) is 6.54 Å². The van der Waals surface area contributed by atoms with E-state index >= 15 is 0 Å². The zero-order valence-electron chi connectivity index (χ0n) is 10.7. The fraction of sp³-hybridized carbons (Fsp3) is 0.429. The molecule has 2 rings (SSSR count). The van der Waals surface area contributed by atoms with Crippen LogP contribution in [0.1, 0.15) is 12.8 Å². The first kappa shape index (κ1) is 13.4. The minimum Gasteiger partial charge on any atom is -0.480 e. The molecule has 1 aliphatic carbocycles. The number of nitrogens with zero attached hydrogens (tertiary/aromatic N) is 1. The molecule has 1 amide bonds. The fourth-order valence-electron chi connectivity index (χ4n) is 1.88. The Hall–Kier alpha value is -2.04. The molecule has 5 nitrogen and oxygen atoms in total. The summed E-state index contributed by atoms with van der Waals surface area (Å²) in [6.07, 6.45) is 2.19. The van der Waals surface area contributed by atoms with Gasteiger partial charge in [0.05, 0.1) is 6.54 Å². The molecule has 0 heterocycles. The molecular weight excluding hydrogens is 244 g/mol. The van der Waals surface area contributed by atoms with Gasteiger partial charge < -0.3 is 15.3 Å². The third kappa shape index (κ3) is 4.62. The number of nitrogens with one attached hydrogen (secondary N) is 1. The van der Waals surface area contributed by atoms with Gasteiger partial charge in [-0.2, -0.15) is 0 Å². The zero-order chi connectivity index (χ0) is 13.7. The number of benzene rings is 1. The number of carboxylic acid groups (broad SMARTS) is 1. The van der Waals surface area contributed by atoms with Crippen molar-refractivity contribution < 1.29 is 14.7 Å². The lowest BCUT2D eigenvalue weighted by molar-refractivity contribution is -0.143. The summed E-state index contributed by atoms with van der Waals surface area (Å²) in [5.41, 5.74) is 0.859. The highest BCUT2D eigenvalue weighted by atomic mass is 16.4. The third-order valence-electron chi connectivity index (χ3n) is 3.07. The first-order valence-electron chi connectivity index (χ1n) is 6.43. The summed E-state index contributed by atoms with van der Waals surface area (Å²) in [5.74, 6) is -0.646. The van der Waals surface area contributed by atoms with Crippen molar-refractivity contribution in [1.82, 2.24) is 4.90 Å². The van der Waals surface area contributed by atoms with Crippen LogP contribution in [0.3, 0.4) is 0 Å². The van der Waals surface area contributed by atoms with Crippen molar-refractivity contribution in [1.29, 1.82) is 0 Å². The van der Waals surface area contributed by atoms with Crippen LogP contribution < -0.4 is 5.32 Å². The molecule has 1 fully saturated rings. The molecule has 0 radical (unpaired) electrons. The van der Waals surface area contributed by atoms with Crippen molar-refractivity contribution in [2.75, 3.05) is 25.0 Å². The van der Waals surface area contributed by atoms with Gasteiger partial charge in [0, 0.05) is 12.2 Å². The van der Waals surface area contributed by atoms with Crippen LogP contribution in [0.5, 0.6) is 0 Å². The first-order valence-corrected chi connectivity index (χ1v) is 6.43.